The number of carbonyl (C=O) groups excluding carboxylic acids is 1. The predicted molar refractivity (Wildman–Crippen MR) is 53.7 cm³/mol. The zero-order valence-corrected chi connectivity index (χ0v) is 8.62. The predicted octanol–water partition coefficient (Wildman–Crippen LogP) is 1.15. The van der Waals surface area contributed by atoms with E-state index < -0.39 is 0 Å². The van der Waals surface area contributed by atoms with Crippen LogP contribution in [0.25, 0.3) is 0 Å². The molecule has 0 spiro atoms. The zero-order valence-electron chi connectivity index (χ0n) is 7.80. The molecule has 0 aromatic heterocycles. The van der Waals surface area contributed by atoms with Gasteiger partial charge in [-0.25, -0.2) is 5.84 Å². The summed E-state index contributed by atoms with van der Waals surface area (Å²) in [6.45, 7) is 4.40. The van der Waals surface area contributed by atoms with Gasteiger partial charge in [-0.2, -0.15) is 11.8 Å². The van der Waals surface area contributed by atoms with E-state index in [9.17, 15) is 4.79 Å². The largest absolute Gasteiger partial charge is 0.294 e. The zero-order chi connectivity index (χ0) is 9.40. The Kier molecular flexibility index (Phi) is 7.29. The fourth-order valence-corrected chi connectivity index (χ4v) is 1.77. The number of nitrogens with one attached hydrogen (secondary N) is 1. The molecule has 1 unspecified atom stereocenters. The Morgan fingerprint density at radius 1 is 1.67 bits per heavy atom. The van der Waals surface area contributed by atoms with E-state index in [1.165, 1.54) is 6.42 Å². The van der Waals surface area contributed by atoms with Crippen LogP contribution in [-0.4, -0.2) is 17.4 Å². The van der Waals surface area contributed by atoms with Crippen LogP contribution < -0.4 is 11.3 Å². The van der Waals surface area contributed by atoms with E-state index in [4.69, 9.17) is 5.84 Å². The second-order valence-electron chi connectivity index (χ2n) is 2.91. The first-order valence-electron chi connectivity index (χ1n) is 4.27. The summed E-state index contributed by atoms with van der Waals surface area (Å²) in [6, 6.07) is 0. The van der Waals surface area contributed by atoms with Crippen molar-refractivity contribution >= 4 is 17.7 Å². The molecular weight excluding hydrogens is 172 g/mol. The van der Waals surface area contributed by atoms with Gasteiger partial charge in [0.1, 0.15) is 0 Å². The molecule has 0 saturated carbocycles. The van der Waals surface area contributed by atoms with Crippen molar-refractivity contribution in [3.63, 3.8) is 0 Å². The monoisotopic (exact) mass is 190 g/mol. The van der Waals surface area contributed by atoms with Gasteiger partial charge in [-0.15, -0.1) is 0 Å². The van der Waals surface area contributed by atoms with E-state index in [1.807, 2.05) is 11.8 Å². The lowest BCUT2D eigenvalue weighted by atomic mass is 10.2. The number of amides is 1. The van der Waals surface area contributed by atoms with Crippen molar-refractivity contribution in [1.29, 1.82) is 0 Å². The fraction of sp³-hybridized carbons (Fsp3) is 0.875. The van der Waals surface area contributed by atoms with E-state index in [0.29, 0.717) is 6.42 Å². The summed E-state index contributed by atoms with van der Waals surface area (Å²) in [5, 5.41) is 0. The first-order chi connectivity index (χ1) is 5.70. The second-order valence-corrected chi connectivity index (χ2v) is 4.06. The summed E-state index contributed by atoms with van der Waals surface area (Å²) in [4.78, 5) is 10.7. The molecule has 0 aromatic rings. The Morgan fingerprint density at radius 2 is 2.33 bits per heavy atom. The van der Waals surface area contributed by atoms with Gasteiger partial charge in [0.15, 0.2) is 0 Å². The molecule has 3 N–H and O–H groups in total. The number of rotatable bonds is 6. The lowest BCUT2D eigenvalue weighted by molar-refractivity contribution is -0.120. The van der Waals surface area contributed by atoms with Crippen LogP contribution in [0.5, 0.6) is 0 Å². The van der Waals surface area contributed by atoms with E-state index in [-0.39, 0.29) is 5.91 Å². The van der Waals surface area contributed by atoms with Gasteiger partial charge in [0.2, 0.25) is 5.91 Å². The Balaban J connectivity index is 3.15. The van der Waals surface area contributed by atoms with Gasteiger partial charge in [0.05, 0.1) is 0 Å². The van der Waals surface area contributed by atoms with Crippen LogP contribution in [0.3, 0.4) is 0 Å². The van der Waals surface area contributed by atoms with Crippen molar-refractivity contribution in [3.05, 3.63) is 0 Å². The number of carbonyl (C=O) groups is 1. The van der Waals surface area contributed by atoms with Gasteiger partial charge in [0, 0.05) is 12.2 Å². The van der Waals surface area contributed by atoms with E-state index in [0.717, 1.165) is 17.4 Å². The van der Waals surface area contributed by atoms with E-state index in [2.05, 4.69) is 19.3 Å². The third kappa shape index (κ3) is 6.49. The molecule has 72 valence electrons. The van der Waals surface area contributed by atoms with Gasteiger partial charge in [0.25, 0.3) is 0 Å². The van der Waals surface area contributed by atoms with Crippen LogP contribution in [0, 0.1) is 5.92 Å². The SMILES string of the molecule is CCC(C)CSCCC(=O)NN. The van der Waals surface area contributed by atoms with E-state index in [1.54, 1.807) is 0 Å². The fourth-order valence-electron chi connectivity index (χ4n) is 0.639. The normalized spacial score (nSPS) is 12.6. The minimum atomic E-state index is -0.0772. The average Bonchev–Trinajstić information content (AvgIpc) is 2.11. The van der Waals surface area contributed by atoms with Crippen molar-refractivity contribution < 1.29 is 4.79 Å². The summed E-state index contributed by atoms with van der Waals surface area (Å²) >= 11 is 1.81. The summed E-state index contributed by atoms with van der Waals surface area (Å²) in [5.74, 6) is 7.60. The first kappa shape index (κ1) is 11.8. The van der Waals surface area contributed by atoms with Gasteiger partial charge in [-0.3, -0.25) is 10.2 Å². The number of hydrogen-bond acceptors (Lipinski definition) is 3. The number of nitrogens with two attached hydrogens (primary N) is 1. The molecule has 0 radical (unpaired) electrons. The molecule has 4 heteroatoms. The maximum Gasteiger partial charge on any atom is 0.234 e. The lowest BCUT2D eigenvalue weighted by Crippen LogP contribution is -2.30. The maximum absolute atomic E-state index is 10.7. The maximum atomic E-state index is 10.7. The van der Waals surface area contributed by atoms with E-state index >= 15 is 0 Å². The molecule has 0 bridgehead atoms. The third-order valence-corrected chi connectivity index (χ3v) is 3.03. The molecule has 1 amide bonds. The summed E-state index contributed by atoms with van der Waals surface area (Å²) in [7, 11) is 0. The van der Waals surface area contributed by atoms with Crippen LogP contribution in [-0.2, 0) is 4.79 Å². The highest BCUT2D eigenvalue weighted by molar-refractivity contribution is 7.99. The Hall–Kier alpha value is -0.220. The van der Waals surface area contributed by atoms with Gasteiger partial charge in [-0.1, -0.05) is 20.3 Å². The molecule has 0 rings (SSSR count). The average molecular weight is 190 g/mol. The molecule has 3 nitrogen and oxygen atoms in total. The molecule has 0 aliphatic rings. The molecule has 0 aliphatic carbocycles. The highest BCUT2D eigenvalue weighted by Crippen LogP contribution is 2.11. The quantitative estimate of drug-likeness (QED) is 0.286. The summed E-state index contributed by atoms with van der Waals surface area (Å²) in [6.07, 6.45) is 1.73. The molecule has 0 saturated heterocycles. The summed E-state index contributed by atoms with van der Waals surface area (Å²) in [5.41, 5.74) is 2.11. The molecule has 0 heterocycles. The smallest absolute Gasteiger partial charge is 0.234 e. The van der Waals surface area contributed by atoms with Gasteiger partial charge < -0.3 is 0 Å². The van der Waals surface area contributed by atoms with Crippen molar-refractivity contribution in [1.82, 2.24) is 5.43 Å². The minimum Gasteiger partial charge on any atom is -0.294 e. The Morgan fingerprint density at radius 3 is 2.83 bits per heavy atom. The van der Waals surface area contributed by atoms with Crippen molar-refractivity contribution in [2.24, 2.45) is 11.8 Å². The number of thioether (sulfide) groups is 1. The van der Waals surface area contributed by atoms with Crippen molar-refractivity contribution in [2.45, 2.75) is 26.7 Å². The molecule has 1 atom stereocenters. The molecule has 0 aliphatic heterocycles. The molecule has 0 fully saturated rings. The first-order valence-corrected chi connectivity index (χ1v) is 5.43. The summed E-state index contributed by atoms with van der Waals surface area (Å²) < 4.78 is 0. The Labute approximate surface area is 78.4 Å². The molecule has 0 aromatic carbocycles. The third-order valence-electron chi connectivity index (χ3n) is 1.73. The van der Waals surface area contributed by atoms with Crippen LogP contribution in [0.4, 0.5) is 0 Å². The second kappa shape index (κ2) is 7.43. The van der Waals surface area contributed by atoms with Crippen molar-refractivity contribution in [3.8, 4) is 0 Å². The van der Waals surface area contributed by atoms with Crippen LogP contribution in [0.1, 0.15) is 26.7 Å². The molecular formula is C8H18N2OS. The standard InChI is InChI=1S/C8H18N2OS/c1-3-7(2)6-12-5-4-8(11)10-9/h7H,3-6,9H2,1-2H3,(H,10,11). The van der Waals surface area contributed by atoms with Crippen LogP contribution >= 0.6 is 11.8 Å². The topological polar surface area (TPSA) is 55.1 Å². The van der Waals surface area contributed by atoms with Crippen LogP contribution in [0.2, 0.25) is 0 Å². The minimum absolute atomic E-state index is 0.0772. The number of hydrazine groups is 1. The number of hydrogen-bond donors (Lipinski definition) is 2. The van der Waals surface area contributed by atoms with Gasteiger partial charge >= 0.3 is 0 Å². The highest BCUT2D eigenvalue weighted by atomic mass is 32.2. The molecule has 12 heavy (non-hydrogen) atoms. The van der Waals surface area contributed by atoms with Crippen molar-refractivity contribution in [2.75, 3.05) is 11.5 Å². The van der Waals surface area contributed by atoms with Gasteiger partial charge in [-0.05, 0) is 11.7 Å². The Bertz CT molecular complexity index is 130. The lowest BCUT2D eigenvalue weighted by Gasteiger charge is -2.06. The van der Waals surface area contributed by atoms with Crippen LogP contribution in [0.15, 0.2) is 0 Å². The highest BCUT2D eigenvalue weighted by Gasteiger charge is 2.00.